The van der Waals surface area contributed by atoms with Crippen molar-refractivity contribution >= 4 is 28.0 Å². The minimum atomic E-state index is -0.255. The zero-order chi connectivity index (χ0) is 13.2. The lowest BCUT2D eigenvalue weighted by Crippen LogP contribution is -1.95. The van der Waals surface area contributed by atoms with Gasteiger partial charge in [-0.1, -0.05) is 12.1 Å². The second-order valence-electron chi connectivity index (χ2n) is 4.23. The SMILES string of the molecule is Nc1cccc2c(Nc3ccc(F)cc3)ccnc12. The van der Waals surface area contributed by atoms with Crippen molar-refractivity contribution in [3.63, 3.8) is 0 Å². The van der Waals surface area contributed by atoms with Gasteiger partial charge in [0.05, 0.1) is 11.2 Å². The Labute approximate surface area is 109 Å². The van der Waals surface area contributed by atoms with Gasteiger partial charge < -0.3 is 11.1 Å². The molecule has 0 bridgehead atoms. The van der Waals surface area contributed by atoms with Gasteiger partial charge in [0.2, 0.25) is 0 Å². The predicted molar refractivity (Wildman–Crippen MR) is 75.8 cm³/mol. The molecule has 3 nitrogen and oxygen atoms in total. The maximum absolute atomic E-state index is 12.9. The van der Waals surface area contributed by atoms with E-state index in [9.17, 15) is 4.39 Å². The normalized spacial score (nSPS) is 10.6. The summed E-state index contributed by atoms with van der Waals surface area (Å²) >= 11 is 0. The summed E-state index contributed by atoms with van der Waals surface area (Å²) in [5.41, 5.74) is 9.01. The maximum Gasteiger partial charge on any atom is 0.123 e. The Morgan fingerprint density at radius 1 is 1.00 bits per heavy atom. The third-order valence-corrected chi connectivity index (χ3v) is 2.93. The first-order valence-electron chi connectivity index (χ1n) is 5.90. The fourth-order valence-electron chi connectivity index (χ4n) is 2.00. The zero-order valence-electron chi connectivity index (χ0n) is 10.1. The zero-order valence-corrected chi connectivity index (χ0v) is 10.1. The molecule has 0 fully saturated rings. The number of anilines is 3. The standard InChI is InChI=1S/C15H12FN3/c16-10-4-6-11(7-5-10)19-14-8-9-18-15-12(14)2-1-3-13(15)17/h1-9H,17H2,(H,18,19). The van der Waals surface area contributed by atoms with Crippen LogP contribution in [0.3, 0.4) is 0 Å². The van der Waals surface area contributed by atoms with Crippen LogP contribution in [0.25, 0.3) is 10.9 Å². The molecule has 94 valence electrons. The topological polar surface area (TPSA) is 50.9 Å². The molecular formula is C15H12FN3. The molecule has 3 rings (SSSR count). The van der Waals surface area contributed by atoms with Gasteiger partial charge in [-0.2, -0.15) is 0 Å². The van der Waals surface area contributed by atoms with Crippen LogP contribution in [0.1, 0.15) is 0 Å². The molecule has 0 atom stereocenters. The van der Waals surface area contributed by atoms with E-state index in [1.54, 1.807) is 18.3 Å². The van der Waals surface area contributed by atoms with E-state index < -0.39 is 0 Å². The van der Waals surface area contributed by atoms with Crippen LogP contribution in [0.2, 0.25) is 0 Å². The summed E-state index contributed by atoms with van der Waals surface area (Å²) in [7, 11) is 0. The summed E-state index contributed by atoms with van der Waals surface area (Å²) < 4.78 is 12.9. The number of aromatic nitrogens is 1. The van der Waals surface area contributed by atoms with E-state index in [2.05, 4.69) is 10.3 Å². The van der Waals surface area contributed by atoms with Crippen LogP contribution in [-0.2, 0) is 0 Å². The van der Waals surface area contributed by atoms with Crippen molar-refractivity contribution in [2.24, 2.45) is 0 Å². The van der Waals surface area contributed by atoms with Gasteiger partial charge in [0, 0.05) is 23.0 Å². The lowest BCUT2D eigenvalue weighted by Gasteiger charge is -2.10. The molecule has 0 saturated carbocycles. The predicted octanol–water partition coefficient (Wildman–Crippen LogP) is 3.70. The summed E-state index contributed by atoms with van der Waals surface area (Å²) in [6, 6.07) is 13.7. The van der Waals surface area contributed by atoms with Crippen molar-refractivity contribution in [1.29, 1.82) is 0 Å². The van der Waals surface area contributed by atoms with Crippen LogP contribution in [0, 0.1) is 5.82 Å². The molecule has 0 aliphatic heterocycles. The van der Waals surface area contributed by atoms with Crippen LogP contribution in [-0.4, -0.2) is 4.98 Å². The van der Waals surface area contributed by atoms with Gasteiger partial charge in [0.15, 0.2) is 0 Å². The van der Waals surface area contributed by atoms with Crippen LogP contribution < -0.4 is 11.1 Å². The van der Waals surface area contributed by atoms with Gasteiger partial charge in [-0.15, -0.1) is 0 Å². The van der Waals surface area contributed by atoms with E-state index in [1.807, 2.05) is 24.3 Å². The van der Waals surface area contributed by atoms with Crippen LogP contribution in [0.5, 0.6) is 0 Å². The summed E-state index contributed by atoms with van der Waals surface area (Å²) in [5, 5.41) is 4.18. The molecule has 2 aromatic carbocycles. The molecule has 0 aliphatic rings. The Morgan fingerprint density at radius 3 is 2.58 bits per heavy atom. The Kier molecular flexibility index (Phi) is 2.76. The molecule has 0 radical (unpaired) electrons. The number of benzene rings is 2. The Balaban J connectivity index is 2.06. The highest BCUT2D eigenvalue weighted by atomic mass is 19.1. The van der Waals surface area contributed by atoms with Crippen molar-refractivity contribution in [1.82, 2.24) is 4.98 Å². The lowest BCUT2D eigenvalue weighted by atomic mass is 10.1. The molecule has 0 unspecified atom stereocenters. The Morgan fingerprint density at radius 2 is 1.79 bits per heavy atom. The molecule has 19 heavy (non-hydrogen) atoms. The number of nitrogens with two attached hydrogens (primary N) is 1. The fraction of sp³-hybridized carbons (Fsp3) is 0. The third-order valence-electron chi connectivity index (χ3n) is 2.93. The largest absolute Gasteiger partial charge is 0.397 e. The van der Waals surface area contributed by atoms with Crippen molar-refractivity contribution in [3.8, 4) is 0 Å². The van der Waals surface area contributed by atoms with E-state index in [4.69, 9.17) is 5.73 Å². The molecule has 1 heterocycles. The van der Waals surface area contributed by atoms with E-state index in [-0.39, 0.29) is 5.82 Å². The maximum atomic E-state index is 12.9. The Bertz CT molecular complexity index is 723. The van der Waals surface area contributed by atoms with Gasteiger partial charge in [-0.3, -0.25) is 4.98 Å². The second kappa shape index (κ2) is 4.57. The van der Waals surface area contributed by atoms with E-state index >= 15 is 0 Å². The summed E-state index contributed by atoms with van der Waals surface area (Å²) in [5.74, 6) is -0.255. The van der Waals surface area contributed by atoms with Crippen molar-refractivity contribution in [2.45, 2.75) is 0 Å². The number of hydrogen-bond acceptors (Lipinski definition) is 3. The average Bonchev–Trinajstić information content (AvgIpc) is 2.43. The molecule has 1 aromatic heterocycles. The first-order valence-corrected chi connectivity index (χ1v) is 5.90. The van der Waals surface area contributed by atoms with Gasteiger partial charge in [-0.25, -0.2) is 4.39 Å². The van der Waals surface area contributed by atoms with Gasteiger partial charge >= 0.3 is 0 Å². The van der Waals surface area contributed by atoms with E-state index in [1.165, 1.54) is 12.1 Å². The monoisotopic (exact) mass is 253 g/mol. The van der Waals surface area contributed by atoms with Crippen LogP contribution in [0.15, 0.2) is 54.7 Å². The number of fused-ring (bicyclic) bond motifs is 1. The first-order chi connectivity index (χ1) is 9.24. The molecule has 3 N–H and O–H groups in total. The minimum absolute atomic E-state index is 0.255. The molecule has 0 aliphatic carbocycles. The average molecular weight is 253 g/mol. The minimum Gasteiger partial charge on any atom is -0.397 e. The highest BCUT2D eigenvalue weighted by Crippen LogP contribution is 2.27. The molecule has 4 heteroatoms. The number of pyridine rings is 1. The number of nitrogens with one attached hydrogen (secondary N) is 1. The molecular weight excluding hydrogens is 241 g/mol. The van der Waals surface area contributed by atoms with Gasteiger partial charge in [0.1, 0.15) is 5.82 Å². The highest BCUT2D eigenvalue weighted by molar-refractivity contribution is 5.98. The smallest absolute Gasteiger partial charge is 0.123 e. The van der Waals surface area contributed by atoms with Crippen LogP contribution in [0.4, 0.5) is 21.5 Å². The van der Waals surface area contributed by atoms with E-state index in [0.717, 1.165) is 22.3 Å². The molecule has 0 spiro atoms. The van der Waals surface area contributed by atoms with Gasteiger partial charge in [0.25, 0.3) is 0 Å². The third kappa shape index (κ3) is 2.20. The molecule has 0 amide bonds. The van der Waals surface area contributed by atoms with E-state index in [0.29, 0.717) is 5.69 Å². The quantitative estimate of drug-likeness (QED) is 0.685. The summed E-state index contributed by atoms with van der Waals surface area (Å²) in [6.45, 7) is 0. The summed E-state index contributed by atoms with van der Waals surface area (Å²) in [4.78, 5) is 4.27. The fourth-order valence-corrected chi connectivity index (χ4v) is 2.00. The van der Waals surface area contributed by atoms with Crippen molar-refractivity contribution in [2.75, 3.05) is 11.1 Å². The molecule has 3 aromatic rings. The number of nitrogens with zero attached hydrogens (tertiary/aromatic N) is 1. The number of rotatable bonds is 2. The van der Waals surface area contributed by atoms with Crippen LogP contribution >= 0.6 is 0 Å². The first kappa shape index (κ1) is 11.5. The number of hydrogen-bond donors (Lipinski definition) is 2. The lowest BCUT2D eigenvalue weighted by molar-refractivity contribution is 0.628. The van der Waals surface area contributed by atoms with Crippen molar-refractivity contribution in [3.05, 3.63) is 60.5 Å². The van der Waals surface area contributed by atoms with Gasteiger partial charge in [-0.05, 0) is 36.4 Å². The number of nitrogen functional groups attached to an aromatic ring is 1. The Hall–Kier alpha value is -2.62. The molecule has 0 saturated heterocycles. The highest BCUT2D eigenvalue weighted by Gasteiger charge is 2.04. The number of para-hydroxylation sites is 1. The second-order valence-corrected chi connectivity index (χ2v) is 4.23. The number of halogens is 1. The van der Waals surface area contributed by atoms with Crippen molar-refractivity contribution < 1.29 is 4.39 Å². The summed E-state index contributed by atoms with van der Waals surface area (Å²) in [6.07, 6.45) is 1.70.